The lowest BCUT2D eigenvalue weighted by Gasteiger charge is -2.61. The molecule has 0 aromatic carbocycles. The fraction of sp³-hybridized carbons (Fsp3) is 1.00. The molecule has 4 aliphatic carbocycles. The van der Waals surface area contributed by atoms with Crippen molar-refractivity contribution in [2.24, 2.45) is 52.3 Å². The molecular weight excluding hydrogens is 844 g/mol. The monoisotopic (exact) mass is 920 g/mol. The standard InChI is InChI=1S/C45H76O19/c1-19(18-58-40-37(55)34(52)31(49)27(15-46)60-40)7-12-45(57)20(2)30-26(64-45)14-25-23-6-5-21-13-22(8-10-43(21,3)24(23)9-11-44(25,30)4)59-42-39(36(54)33(51)29(17-48)62-42)63-41-38(56)35(53)32(50)28(16-47)61-41/h19-42,46-57H,5-18H2,1-4H3/t19-,20-,21+,22+,23+,24-,25+,26-,27+,28+,29+,30-,31+,32+,33-,34-,35-,36-,37+,38+,39+,40+,41-,42-,43+,44+,45+/m0/s1. The van der Waals surface area contributed by atoms with Crippen LogP contribution in [-0.2, 0) is 33.2 Å². The van der Waals surface area contributed by atoms with Gasteiger partial charge in [0.15, 0.2) is 24.7 Å². The largest absolute Gasteiger partial charge is 0.394 e. The topological polar surface area (TPSA) is 307 Å². The molecule has 4 aliphatic heterocycles. The number of hydrogen-bond acceptors (Lipinski definition) is 19. The van der Waals surface area contributed by atoms with Crippen LogP contribution in [0.5, 0.6) is 0 Å². The zero-order chi connectivity index (χ0) is 46.2. The van der Waals surface area contributed by atoms with Crippen LogP contribution in [-0.4, -0.2) is 198 Å². The maximum atomic E-state index is 12.1. The summed E-state index contributed by atoms with van der Waals surface area (Å²) in [6.07, 6.45) is -13.7. The molecule has 370 valence electrons. The summed E-state index contributed by atoms with van der Waals surface area (Å²) in [4.78, 5) is 0. The highest BCUT2D eigenvalue weighted by Gasteiger charge is 2.68. The Bertz CT molecular complexity index is 1560. The average Bonchev–Trinajstić information content (AvgIpc) is 3.71. The Balaban J connectivity index is 0.869. The van der Waals surface area contributed by atoms with Gasteiger partial charge in [0.2, 0.25) is 0 Å². The van der Waals surface area contributed by atoms with Crippen LogP contribution in [0.4, 0.5) is 0 Å². The van der Waals surface area contributed by atoms with Gasteiger partial charge in [-0.2, -0.15) is 0 Å². The van der Waals surface area contributed by atoms with Crippen molar-refractivity contribution in [2.75, 3.05) is 26.4 Å². The molecule has 4 heterocycles. The molecule has 0 unspecified atom stereocenters. The Kier molecular flexibility index (Phi) is 14.9. The summed E-state index contributed by atoms with van der Waals surface area (Å²) < 4.78 is 42.0. The van der Waals surface area contributed by atoms with Gasteiger partial charge in [-0.25, -0.2) is 0 Å². The number of aliphatic hydroxyl groups excluding tert-OH is 11. The van der Waals surface area contributed by atoms with E-state index in [1.54, 1.807) is 0 Å². The molecule has 19 nitrogen and oxygen atoms in total. The molecule has 27 atom stereocenters. The molecule has 0 spiro atoms. The van der Waals surface area contributed by atoms with Crippen LogP contribution in [0.1, 0.15) is 91.9 Å². The summed E-state index contributed by atoms with van der Waals surface area (Å²) in [6, 6.07) is 0. The first kappa shape index (κ1) is 49.7. The van der Waals surface area contributed by atoms with Gasteiger partial charge < -0.3 is 94.4 Å². The smallest absolute Gasteiger partial charge is 0.187 e. The summed E-state index contributed by atoms with van der Waals surface area (Å²) >= 11 is 0. The van der Waals surface area contributed by atoms with Gasteiger partial charge in [0, 0.05) is 12.3 Å². The van der Waals surface area contributed by atoms with Gasteiger partial charge in [0.25, 0.3) is 0 Å². The first-order valence-electron chi connectivity index (χ1n) is 23.9. The van der Waals surface area contributed by atoms with E-state index in [2.05, 4.69) is 20.8 Å². The minimum atomic E-state index is -1.75. The average molecular weight is 921 g/mol. The van der Waals surface area contributed by atoms with Crippen LogP contribution < -0.4 is 0 Å². The Morgan fingerprint density at radius 2 is 1.20 bits per heavy atom. The van der Waals surface area contributed by atoms with E-state index in [4.69, 9.17) is 33.2 Å². The number of aliphatic hydroxyl groups is 12. The molecule has 19 heteroatoms. The Morgan fingerprint density at radius 1 is 0.625 bits per heavy atom. The van der Waals surface area contributed by atoms with Gasteiger partial charge in [-0.1, -0.05) is 27.7 Å². The van der Waals surface area contributed by atoms with E-state index in [1.165, 1.54) is 0 Å². The van der Waals surface area contributed by atoms with Crippen molar-refractivity contribution < 1.29 is 94.4 Å². The molecule has 8 fully saturated rings. The molecule has 4 saturated heterocycles. The van der Waals surface area contributed by atoms with Crippen molar-refractivity contribution >= 4 is 0 Å². The Hall–Kier alpha value is -0.760. The Labute approximate surface area is 374 Å². The van der Waals surface area contributed by atoms with Gasteiger partial charge in [-0.05, 0) is 104 Å². The van der Waals surface area contributed by atoms with E-state index in [9.17, 15) is 61.3 Å². The highest BCUT2D eigenvalue weighted by Crippen LogP contribution is 2.71. The zero-order valence-electron chi connectivity index (χ0n) is 37.5. The first-order chi connectivity index (χ1) is 30.3. The highest BCUT2D eigenvalue weighted by atomic mass is 16.8. The summed E-state index contributed by atoms with van der Waals surface area (Å²) in [5.74, 6) is 0.532. The van der Waals surface area contributed by atoms with Gasteiger partial charge in [0.05, 0.1) is 38.6 Å². The second-order valence-corrected chi connectivity index (χ2v) is 21.5. The molecule has 4 saturated carbocycles. The van der Waals surface area contributed by atoms with Gasteiger partial charge >= 0.3 is 0 Å². The molecule has 8 rings (SSSR count). The van der Waals surface area contributed by atoms with Crippen molar-refractivity contribution in [3.8, 4) is 0 Å². The molecule has 0 bridgehead atoms. The summed E-state index contributed by atoms with van der Waals surface area (Å²) in [7, 11) is 0. The molecule has 12 N–H and O–H groups in total. The quantitative estimate of drug-likeness (QED) is 0.0909. The SMILES string of the molecule is C[C@@H](CC[C@@]1(O)O[C@H]2C[C@@H]3[C@@H]4CC[C@@H]5C[C@H](O[C@H]6O[C@H](CO)[C@H](O)[C@H](O)[C@H]6O[C@@H]6O[C@H](CO)[C@@H](O)[C@H](O)[C@H]6O)CC[C@@]5(C)[C@H]4CC[C@@]3(C)[C@H]2[C@@H]1C)CO[C@@H]1O[C@H](CO)[C@@H](O)[C@H](O)[C@H]1O. The molecule has 0 amide bonds. The van der Waals surface area contributed by atoms with Gasteiger partial charge in [-0.3, -0.25) is 0 Å². The van der Waals surface area contributed by atoms with Gasteiger partial charge in [0.1, 0.15) is 73.2 Å². The van der Waals surface area contributed by atoms with Crippen molar-refractivity contribution in [3.63, 3.8) is 0 Å². The van der Waals surface area contributed by atoms with E-state index in [-0.39, 0.29) is 47.4 Å². The highest BCUT2D eigenvalue weighted by molar-refractivity contribution is 5.15. The molecule has 0 radical (unpaired) electrons. The summed E-state index contributed by atoms with van der Waals surface area (Å²) in [5.41, 5.74) is 0.0475. The van der Waals surface area contributed by atoms with E-state index in [0.717, 1.165) is 44.9 Å². The van der Waals surface area contributed by atoms with E-state index < -0.39 is 118 Å². The Morgan fingerprint density at radius 3 is 1.84 bits per heavy atom. The third-order valence-corrected chi connectivity index (χ3v) is 18.0. The number of hydrogen-bond donors (Lipinski definition) is 12. The minimum absolute atomic E-state index is 0.00000712. The predicted octanol–water partition coefficient (Wildman–Crippen LogP) is -1.78. The van der Waals surface area contributed by atoms with Crippen molar-refractivity contribution in [1.82, 2.24) is 0 Å². The normalized spacial score (nSPS) is 55.6. The van der Waals surface area contributed by atoms with Crippen LogP contribution in [0.2, 0.25) is 0 Å². The lowest BCUT2D eigenvalue weighted by Crippen LogP contribution is -2.65. The van der Waals surface area contributed by atoms with Gasteiger partial charge in [-0.15, -0.1) is 0 Å². The fourth-order valence-electron chi connectivity index (χ4n) is 14.2. The number of rotatable bonds is 13. The van der Waals surface area contributed by atoms with Crippen LogP contribution in [0.3, 0.4) is 0 Å². The zero-order valence-corrected chi connectivity index (χ0v) is 37.5. The van der Waals surface area contributed by atoms with Crippen molar-refractivity contribution in [2.45, 2.75) is 202 Å². The second kappa shape index (κ2) is 19.2. The van der Waals surface area contributed by atoms with Crippen LogP contribution >= 0.6 is 0 Å². The van der Waals surface area contributed by atoms with Crippen LogP contribution in [0.15, 0.2) is 0 Å². The molecule has 64 heavy (non-hydrogen) atoms. The lowest BCUT2D eigenvalue weighted by atomic mass is 9.44. The maximum Gasteiger partial charge on any atom is 0.187 e. The third-order valence-electron chi connectivity index (χ3n) is 18.0. The first-order valence-corrected chi connectivity index (χ1v) is 23.9. The van der Waals surface area contributed by atoms with E-state index >= 15 is 0 Å². The third kappa shape index (κ3) is 8.65. The van der Waals surface area contributed by atoms with Crippen molar-refractivity contribution in [1.29, 1.82) is 0 Å². The summed E-state index contributed by atoms with van der Waals surface area (Å²) in [5, 5.41) is 125. The van der Waals surface area contributed by atoms with E-state index in [0.29, 0.717) is 42.9 Å². The predicted molar refractivity (Wildman–Crippen MR) is 219 cm³/mol. The molecule has 0 aromatic rings. The van der Waals surface area contributed by atoms with Crippen LogP contribution in [0.25, 0.3) is 0 Å². The van der Waals surface area contributed by atoms with Crippen LogP contribution in [0, 0.1) is 52.3 Å². The van der Waals surface area contributed by atoms with E-state index in [1.807, 2.05) is 6.92 Å². The van der Waals surface area contributed by atoms with Crippen molar-refractivity contribution in [3.05, 3.63) is 0 Å². The molecule has 8 aliphatic rings. The second-order valence-electron chi connectivity index (χ2n) is 21.5. The molecular formula is C45H76O19. The fourth-order valence-corrected chi connectivity index (χ4v) is 14.2. The maximum absolute atomic E-state index is 12.1. The minimum Gasteiger partial charge on any atom is -0.394 e. The number of fused-ring (bicyclic) bond motifs is 7. The molecule has 0 aromatic heterocycles. The number of ether oxygens (including phenoxy) is 7. The lowest BCUT2D eigenvalue weighted by molar-refractivity contribution is -0.373. The summed E-state index contributed by atoms with van der Waals surface area (Å²) in [6.45, 7) is 7.28.